The Bertz CT molecular complexity index is 581. The highest BCUT2D eigenvalue weighted by Crippen LogP contribution is 2.19. The fraction of sp³-hybridized carbons (Fsp3) is 0.636. The Morgan fingerprint density at radius 3 is 2.95 bits per heavy atom. The van der Waals surface area contributed by atoms with E-state index in [1.807, 2.05) is 11.8 Å². The molecule has 112 valence electrons. The van der Waals surface area contributed by atoms with Gasteiger partial charge in [0.25, 0.3) is 10.1 Å². The molecule has 0 aliphatic carbocycles. The molecular formula is C11H16ClN3O4S. The summed E-state index contributed by atoms with van der Waals surface area (Å²) in [4.78, 5) is 10.4. The number of halogens is 1. The molecule has 9 heteroatoms. The minimum Gasteiger partial charge on any atom is -0.377 e. The highest BCUT2D eigenvalue weighted by molar-refractivity contribution is 7.85. The van der Waals surface area contributed by atoms with Crippen molar-refractivity contribution in [2.24, 2.45) is 0 Å². The van der Waals surface area contributed by atoms with Crippen LogP contribution in [0.4, 0.5) is 5.95 Å². The lowest BCUT2D eigenvalue weighted by atomic mass is 10.3. The van der Waals surface area contributed by atoms with Gasteiger partial charge in [0.1, 0.15) is 11.8 Å². The Hall–Kier alpha value is -0.960. The molecule has 0 unspecified atom stereocenters. The number of hydrogen-bond donors (Lipinski definition) is 0. The molecule has 1 atom stereocenters. The van der Waals surface area contributed by atoms with Crippen LogP contribution in [-0.2, 0) is 25.6 Å². The lowest BCUT2D eigenvalue weighted by Crippen LogP contribution is -2.44. The first kappa shape index (κ1) is 15.4. The number of nitrogens with zero attached hydrogens (tertiary/aromatic N) is 3. The van der Waals surface area contributed by atoms with Crippen molar-refractivity contribution < 1.29 is 17.3 Å². The van der Waals surface area contributed by atoms with Crippen LogP contribution in [0.15, 0.2) is 6.07 Å². The number of morpholine rings is 1. The highest BCUT2D eigenvalue weighted by Gasteiger charge is 2.22. The molecule has 0 radical (unpaired) electrons. The molecular weight excluding hydrogens is 306 g/mol. The lowest BCUT2D eigenvalue weighted by Gasteiger charge is -2.33. The molecule has 0 spiro atoms. The second-order valence-corrected chi connectivity index (χ2v) is 6.60. The first-order valence-electron chi connectivity index (χ1n) is 6.07. The van der Waals surface area contributed by atoms with E-state index < -0.39 is 10.1 Å². The molecule has 2 heterocycles. The van der Waals surface area contributed by atoms with Gasteiger partial charge in [-0.2, -0.15) is 8.42 Å². The van der Waals surface area contributed by atoms with Crippen molar-refractivity contribution in [2.75, 3.05) is 30.9 Å². The molecule has 2 rings (SSSR count). The summed E-state index contributed by atoms with van der Waals surface area (Å²) in [5.41, 5.74) is 0.420. The van der Waals surface area contributed by atoms with Gasteiger partial charge in [-0.25, -0.2) is 9.97 Å². The van der Waals surface area contributed by atoms with E-state index in [0.717, 1.165) is 6.26 Å². The van der Waals surface area contributed by atoms with Crippen molar-refractivity contribution in [2.45, 2.75) is 19.6 Å². The van der Waals surface area contributed by atoms with E-state index in [1.54, 1.807) is 0 Å². The Balaban J connectivity index is 2.19. The Morgan fingerprint density at radius 2 is 2.30 bits per heavy atom. The van der Waals surface area contributed by atoms with E-state index in [9.17, 15) is 8.42 Å². The molecule has 1 aliphatic rings. The van der Waals surface area contributed by atoms with Crippen LogP contribution in [0.1, 0.15) is 12.6 Å². The summed E-state index contributed by atoms with van der Waals surface area (Å²) in [5, 5.41) is 0.251. The predicted octanol–water partition coefficient (Wildman–Crippen LogP) is 0.831. The zero-order valence-corrected chi connectivity index (χ0v) is 12.8. The van der Waals surface area contributed by atoms with Gasteiger partial charge in [0, 0.05) is 6.54 Å². The molecule has 1 aromatic heterocycles. The number of hydrogen-bond acceptors (Lipinski definition) is 7. The van der Waals surface area contributed by atoms with E-state index in [0.29, 0.717) is 31.4 Å². The van der Waals surface area contributed by atoms with Gasteiger partial charge in [0.2, 0.25) is 5.95 Å². The fourth-order valence-electron chi connectivity index (χ4n) is 1.85. The van der Waals surface area contributed by atoms with Crippen LogP contribution in [-0.4, -0.2) is 50.4 Å². The standard InChI is InChI=1S/C11H16ClN3O4S/c1-8-6-18-4-3-15(8)11-13-9(5-10(12)14-11)7-19-20(2,16)17/h5,8H,3-4,6-7H2,1-2H3/t8-/m0/s1. The second kappa shape index (κ2) is 6.21. The van der Waals surface area contributed by atoms with Gasteiger partial charge in [0.05, 0.1) is 31.2 Å². The van der Waals surface area contributed by atoms with Crippen molar-refractivity contribution in [1.82, 2.24) is 9.97 Å². The summed E-state index contributed by atoms with van der Waals surface area (Å²) in [6.07, 6.45) is 0.987. The fourth-order valence-corrected chi connectivity index (χ4v) is 2.38. The monoisotopic (exact) mass is 321 g/mol. The zero-order chi connectivity index (χ0) is 14.8. The summed E-state index contributed by atoms with van der Waals surface area (Å²) in [6.45, 7) is 3.68. The molecule has 1 saturated heterocycles. The molecule has 1 fully saturated rings. The minimum atomic E-state index is -3.52. The lowest BCUT2D eigenvalue weighted by molar-refractivity contribution is 0.0980. The van der Waals surface area contributed by atoms with E-state index in [1.165, 1.54) is 6.07 Å². The van der Waals surface area contributed by atoms with Crippen molar-refractivity contribution in [3.8, 4) is 0 Å². The van der Waals surface area contributed by atoms with Crippen LogP contribution >= 0.6 is 11.6 Å². The molecule has 0 N–H and O–H groups in total. The summed E-state index contributed by atoms with van der Waals surface area (Å²) < 4.78 is 32.1. The topological polar surface area (TPSA) is 81.6 Å². The number of ether oxygens (including phenoxy) is 1. The second-order valence-electron chi connectivity index (χ2n) is 4.57. The predicted molar refractivity (Wildman–Crippen MR) is 74.3 cm³/mol. The van der Waals surface area contributed by atoms with Crippen molar-refractivity contribution >= 4 is 27.7 Å². The average molecular weight is 322 g/mol. The largest absolute Gasteiger partial charge is 0.377 e. The average Bonchev–Trinajstić information content (AvgIpc) is 2.35. The van der Waals surface area contributed by atoms with Gasteiger partial charge in [-0.3, -0.25) is 4.18 Å². The van der Waals surface area contributed by atoms with E-state index >= 15 is 0 Å². The molecule has 0 bridgehead atoms. The maximum atomic E-state index is 11.0. The zero-order valence-electron chi connectivity index (χ0n) is 11.2. The molecule has 1 aliphatic heterocycles. The van der Waals surface area contributed by atoms with Crippen molar-refractivity contribution in [3.63, 3.8) is 0 Å². The first-order chi connectivity index (χ1) is 9.35. The van der Waals surface area contributed by atoms with Crippen molar-refractivity contribution in [3.05, 3.63) is 16.9 Å². The third-order valence-corrected chi connectivity index (χ3v) is 3.52. The third kappa shape index (κ3) is 4.27. The van der Waals surface area contributed by atoms with Crippen LogP contribution in [0, 0.1) is 0 Å². The number of anilines is 1. The summed E-state index contributed by atoms with van der Waals surface area (Å²) in [7, 11) is -3.52. The maximum Gasteiger partial charge on any atom is 0.264 e. The summed E-state index contributed by atoms with van der Waals surface area (Å²) in [6, 6.07) is 1.62. The summed E-state index contributed by atoms with van der Waals surface area (Å²) in [5.74, 6) is 0.459. The Kier molecular flexibility index (Phi) is 4.79. The maximum absolute atomic E-state index is 11.0. The minimum absolute atomic E-state index is 0.130. The molecule has 0 amide bonds. The molecule has 20 heavy (non-hydrogen) atoms. The third-order valence-electron chi connectivity index (χ3n) is 2.78. The van der Waals surface area contributed by atoms with Crippen LogP contribution in [0.2, 0.25) is 5.15 Å². The molecule has 0 aromatic carbocycles. The number of aromatic nitrogens is 2. The van der Waals surface area contributed by atoms with E-state index in [2.05, 4.69) is 9.97 Å². The van der Waals surface area contributed by atoms with Gasteiger partial charge in [-0.05, 0) is 13.0 Å². The van der Waals surface area contributed by atoms with Gasteiger partial charge in [-0.1, -0.05) is 11.6 Å². The normalized spacial score (nSPS) is 20.1. The van der Waals surface area contributed by atoms with Crippen LogP contribution in [0.3, 0.4) is 0 Å². The summed E-state index contributed by atoms with van der Waals surface area (Å²) >= 11 is 5.95. The van der Waals surface area contributed by atoms with Gasteiger partial charge in [-0.15, -0.1) is 0 Å². The van der Waals surface area contributed by atoms with E-state index in [4.69, 9.17) is 20.5 Å². The Labute approximate surface area is 123 Å². The van der Waals surface area contributed by atoms with Crippen LogP contribution in [0.25, 0.3) is 0 Å². The first-order valence-corrected chi connectivity index (χ1v) is 8.27. The molecule has 1 aromatic rings. The Morgan fingerprint density at radius 1 is 1.55 bits per heavy atom. The smallest absolute Gasteiger partial charge is 0.264 e. The molecule has 0 saturated carbocycles. The van der Waals surface area contributed by atoms with Gasteiger partial charge in [0.15, 0.2) is 0 Å². The highest BCUT2D eigenvalue weighted by atomic mass is 35.5. The van der Waals surface area contributed by atoms with Gasteiger partial charge < -0.3 is 9.64 Å². The number of rotatable bonds is 4. The van der Waals surface area contributed by atoms with Crippen LogP contribution in [0.5, 0.6) is 0 Å². The quantitative estimate of drug-likeness (QED) is 0.600. The van der Waals surface area contributed by atoms with Crippen LogP contribution < -0.4 is 4.90 Å². The van der Waals surface area contributed by atoms with Gasteiger partial charge >= 0.3 is 0 Å². The van der Waals surface area contributed by atoms with Crippen molar-refractivity contribution in [1.29, 1.82) is 0 Å². The van der Waals surface area contributed by atoms with E-state index in [-0.39, 0.29) is 17.8 Å². The molecule has 7 nitrogen and oxygen atoms in total. The SMILES string of the molecule is C[C@H]1COCCN1c1nc(Cl)cc(COS(C)(=O)=O)n1.